The minimum atomic E-state index is 0.839. The van der Waals surface area contributed by atoms with Gasteiger partial charge in [0.05, 0.1) is 13.2 Å². The van der Waals surface area contributed by atoms with E-state index in [0.717, 1.165) is 26.3 Å². The van der Waals surface area contributed by atoms with Crippen molar-refractivity contribution in [2.45, 2.75) is 6.92 Å². The summed E-state index contributed by atoms with van der Waals surface area (Å²) in [4.78, 5) is 2.39. The summed E-state index contributed by atoms with van der Waals surface area (Å²) in [7, 11) is 2.12. The summed E-state index contributed by atoms with van der Waals surface area (Å²) in [5.74, 6) is 0. The summed E-state index contributed by atoms with van der Waals surface area (Å²) in [6, 6.07) is 8.97. The van der Waals surface area contributed by atoms with Crippen LogP contribution < -0.4 is 4.90 Å². The van der Waals surface area contributed by atoms with Crippen LogP contribution in [-0.4, -0.2) is 30.9 Å². The largest absolute Gasteiger partial charge is 0.378 e. The van der Waals surface area contributed by atoms with E-state index < -0.39 is 0 Å². The predicted octanol–water partition coefficient (Wildman–Crippen LogP) is 2.32. The van der Waals surface area contributed by atoms with Gasteiger partial charge in [-0.25, -0.2) is 0 Å². The molecule has 0 saturated carbocycles. The van der Waals surface area contributed by atoms with Crippen molar-refractivity contribution in [3.05, 3.63) is 30.0 Å². The van der Waals surface area contributed by atoms with Gasteiger partial charge in [0.15, 0.2) is 0 Å². The first-order valence-electron chi connectivity index (χ1n) is 6.14. The molecule has 0 spiro atoms. The van der Waals surface area contributed by atoms with Gasteiger partial charge in [-0.15, -0.1) is 0 Å². The van der Waals surface area contributed by atoms with Gasteiger partial charge in [-0.1, -0.05) is 0 Å². The van der Waals surface area contributed by atoms with Crippen molar-refractivity contribution in [1.82, 2.24) is 4.57 Å². The van der Waals surface area contributed by atoms with Gasteiger partial charge in [0.2, 0.25) is 0 Å². The smallest absolute Gasteiger partial charge is 0.0642 e. The second kappa shape index (κ2) is 4.08. The van der Waals surface area contributed by atoms with Crippen LogP contribution in [0.5, 0.6) is 0 Å². The molecule has 1 aromatic heterocycles. The number of hydrogen-bond acceptors (Lipinski definition) is 2. The molecule has 0 unspecified atom stereocenters. The molecule has 0 bridgehead atoms. The van der Waals surface area contributed by atoms with Crippen LogP contribution >= 0.6 is 0 Å². The summed E-state index contributed by atoms with van der Waals surface area (Å²) in [5, 5.41) is 1.33. The topological polar surface area (TPSA) is 17.4 Å². The fraction of sp³-hybridized carbons (Fsp3) is 0.429. The van der Waals surface area contributed by atoms with Crippen LogP contribution in [0.15, 0.2) is 24.3 Å². The van der Waals surface area contributed by atoms with Crippen molar-refractivity contribution < 1.29 is 4.74 Å². The Hall–Kier alpha value is -1.48. The summed E-state index contributed by atoms with van der Waals surface area (Å²) in [6.45, 7) is 5.82. The van der Waals surface area contributed by atoms with Crippen LogP contribution in [0.4, 0.5) is 5.69 Å². The van der Waals surface area contributed by atoms with Gasteiger partial charge in [-0.05, 0) is 31.2 Å². The Morgan fingerprint density at radius 2 is 1.88 bits per heavy atom. The van der Waals surface area contributed by atoms with E-state index in [1.54, 1.807) is 0 Å². The Morgan fingerprint density at radius 3 is 2.65 bits per heavy atom. The first kappa shape index (κ1) is 10.7. The van der Waals surface area contributed by atoms with Gasteiger partial charge in [0, 0.05) is 42.4 Å². The first-order chi connectivity index (χ1) is 8.25. The van der Waals surface area contributed by atoms with Gasteiger partial charge in [0.1, 0.15) is 0 Å². The maximum atomic E-state index is 5.39. The van der Waals surface area contributed by atoms with E-state index in [4.69, 9.17) is 4.74 Å². The highest BCUT2D eigenvalue weighted by Gasteiger charge is 2.12. The summed E-state index contributed by atoms with van der Waals surface area (Å²) in [5.41, 5.74) is 3.92. The Balaban J connectivity index is 2.01. The number of nitrogens with zero attached hydrogens (tertiary/aromatic N) is 2. The Morgan fingerprint density at radius 1 is 1.12 bits per heavy atom. The lowest BCUT2D eigenvalue weighted by molar-refractivity contribution is 0.122. The summed E-state index contributed by atoms with van der Waals surface area (Å²) < 4.78 is 7.62. The van der Waals surface area contributed by atoms with Crippen molar-refractivity contribution in [3.8, 4) is 0 Å². The highest BCUT2D eigenvalue weighted by molar-refractivity contribution is 5.85. The Kier molecular flexibility index (Phi) is 2.56. The predicted molar refractivity (Wildman–Crippen MR) is 70.7 cm³/mol. The van der Waals surface area contributed by atoms with E-state index in [2.05, 4.69) is 47.7 Å². The van der Waals surface area contributed by atoms with Gasteiger partial charge in [0.25, 0.3) is 0 Å². The van der Waals surface area contributed by atoms with E-state index in [9.17, 15) is 0 Å². The molecule has 0 N–H and O–H groups in total. The molecule has 3 nitrogen and oxygen atoms in total. The van der Waals surface area contributed by atoms with Gasteiger partial charge in [-0.3, -0.25) is 0 Å². The number of aryl methyl sites for hydroxylation is 2. The van der Waals surface area contributed by atoms with Crippen molar-refractivity contribution in [3.63, 3.8) is 0 Å². The molecule has 1 fully saturated rings. The molecule has 90 valence electrons. The second-order valence-corrected chi connectivity index (χ2v) is 4.69. The summed E-state index contributed by atoms with van der Waals surface area (Å²) >= 11 is 0. The molecule has 0 aliphatic carbocycles. The average Bonchev–Trinajstić information content (AvgIpc) is 2.66. The number of ether oxygens (including phenoxy) is 1. The number of anilines is 1. The third kappa shape index (κ3) is 1.80. The first-order valence-corrected chi connectivity index (χ1v) is 6.14. The van der Waals surface area contributed by atoms with Gasteiger partial charge in [-0.2, -0.15) is 0 Å². The fourth-order valence-corrected chi connectivity index (χ4v) is 2.49. The zero-order valence-electron chi connectivity index (χ0n) is 10.4. The number of rotatable bonds is 1. The second-order valence-electron chi connectivity index (χ2n) is 4.69. The van der Waals surface area contributed by atoms with Crippen molar-refractivity contribution in [2.24, 2.45) is 7.05 Å². The number of hydrogen-bond donors (Lipinski definition) is 0. The minimum absolute atomic E-state index is 0.839. The molecule has 1 saturated heterocycles. The number of aromatic nitrogens is 1. The van der Waals surface area contributed by atoms with Gasteiger partial charge >= 0.3 is 0 Å². The average molecular weight is 230 g/mol. The molecule has 0 radical (unpaired) electrons. The van der Waals surface area contributed by atoms with Gasteiger partial charge < -0.3 is 14.2 Å². The standard InChI is InChI=1S/C14H18N2O/c1-11-9-12-10-13(3-4-14(12)15(11)2)16-5-7-17-8-6-16/h3-4,9-10H,5-8H2,1-2H3. The highest BCUT2D eigenvalue weighted by atomic mass is 16.5. The van der Waals surface area contributed by atoms with Crippen molar-refractivity contribution >= 4 is 16.6 Å². The lowest BCUT2D eigenvalue weighted by Gasteiger charge is -2.28. The van der Waals surface area contributed by atoms with Crippen molar-refractivity contribution in [1.29, 1.82) is 0 Å². The van der Waals surface area contributed by atoms with Crippen LogP contribution in [0.3, 0.4) is 0 Å². The van der Waals surface area contributed by atoms with E-state index in [-0.39, 0.29) is 0 Å². The molecule has 2 heterocycles. The number of benzene rings is 1. The van der Waals surface area contributed by atoms with Crippen molar-refractivity contribution in [2.75, 3.05) is 31.2 Å². The molecule has 3 rings (SSSR count). The third-order valence-corrected chi connectivity index (χ3v) is 3.64. The quantitative estimate of drug-likeness (QED) is 0.748. The lowest BCUT2D eigenvalue weighted by Crippen LogP contribution is -2.36. The van der Waals surface area contributed by atoms with Crippen LogP contribution in [0.1, 0.15) is 5.69 Å². The monoisotopic (exact) mass is 230 g/mol. The zero-order valence-corrected chi connectivity index (χ0v) is 10.4. The Bertz CT molecular complexity index is 538. The highest BCUT2D eigenvalue weighted by Crippen LogP contribution is 2.25. The Labute approximate surface area is 102 Å². The minimum Gasteiger partial charge on any atom is -0.378 e. The molecule has 3 heteroatoms. The van der Waals surface area contributed by atoms with Crippen LogP contribution in [0.2, 0.25) is 0 Å². The third-order valence-electron chi connectivity index (χ3n) is 3.64. The van der Waals surface area contributed by atoms with E-state index >= 15 is 0 Å². The summed E-state index contributed by atoms with van der Waals surface area (Å²) in [6.07, 6.45) is 0. The molecule has 17 heavy (non-hydrogen) atoms. The molecule has 2 aromatic rings. The molecule has 0 amide bonds. The molecule has 1 aliphatic rings. The molecular formula is C14H18N2O. The normalized spacial score (nSPS) is 16.7. The number of fused-ring (bicyclic) bond motifs is 1. The molecule has 0 atom stereocenters. The zero-order chi connectivity index (χ0) is 11.8. The molecule has 1 aliphatic heterocycles. The van der Waals surface area contributed by atoms with E-state index in [0.29, 0.717) is 0 Å². The van der Waals surface area contributed by atoms with E-state index in [1.165, 1.54) is 22.3 Å². The van der Waals surface area contributed by atoms with Crippen LogP contribution in [0, 0.1) is 6.92 Å². The lowest BCUT2D eigenvalue weighted by atomic mass is 10.2. The number of morpholine rings is 1. The molecule has 1 aromatic carbocycles. The fourth-order valence-electron chi connectivity index (χ4n) is 2.49. The maximum absolute atomic E-state index is 5.39. The van der Waals surface area contributed by atoms with Crippen LogP contribution in [-0.2, 0) is 11.8 Å². The molecular weight excluding hydrogens is 212 g/mol. The van der Waals surface area contributed by atoms with Crippen LogP contribution in [0.25, 0.3) is 10.9 Å². The maximum Gasteiger partial charge on any atom is 0.0642 e. The van der Waals surface area contributed by atoms with E-state index in [1.807, 2.05) is 0 Å². The SMILES string of the molecule is Cc1cc2cc(N3CCOCC3)ccc2n1C.